The summed E-state index contributed by atoms with van der Waals surface area (Å²) in [6.07, 6.45) is 2.52. The zero-order valence-corrected chi connectivity index (χ0v) is 20.9. The van der Waals surface area contributed by atoms with Gasteiger partial charge >= 0.3 is 0 Å². The maximum Gasteiger partial charge on any atom is 0.191 e. The number of furan rings is 1. The number of halogens is 1. The van der Waals surface area contributed by atoms with Gasteiger partial charge in [0.15, 0.2) is 5.96 Å². The Kier molecular flexibility index (Phi) is 9.30. The molecule has 0 spiro atoms. The van der Waals surface area contributed by atoms with Crippen LogP contribution in [0, 0.1) is 0 Å². The molecular formula is C22H33IN4O4. The first-order chi connectivity index (χ1) is 14.4. The standard InChI is InChI=1S/C22H32N4O4.HI/c1-5-23-21(24-15-22(2,27)20-7-6-10-30-20)25-16-8-9-26(14-16)17-11-18(28-3)13-19(12-17)29-4;/h6-7,10-13,16,27H,5,8-9,14-15H2,1-4H3,(H2,23,24,25);1H. The minimum atomic E-state index is -1.16. The molecule has 1 aliphatic rings. The molecule has 3 N–H and O–H groups in total. The quantitative estimate of drug-likeness (QED) is 0.268. The number of hydrogen-bond acceptors (Lipinski definition) is 6. The topological polar surface area (TPSA) is 91.5 Å². The van der Waals surface area contributed by atoms with Crippen LogP contribution < -0.4 is 25.0 Å². The predicted octanol–water partition coefficient (Wildman–Crippen LogP) is 2.96. The summed E-state index contributed by atoms with van der Waals surface area (Å²) in [7, 11) is 3.31. The molecule has 3 rings (SSSR count). The van der Waals surface area contributed by atoms with E-state index < -0.39 is 5.60 Å². The van der Waals surface area contributed by atoms with Gasteiger partial charge in [-0.15, -0.1) is 24.0 Å². The van der Waals surface area contributed by atoms with Crippen LogP contribution in [0.1, 0.15) is 26.0 Å². The fourth-order valence-electron chi connectivity index (χ4n) is 3.50. The lowest BCUT2D eigenvalue weighted by Crippen LogP contribution is -2.45. The Bertz CT molecular complexity index is 820. The van der Waals surface area contributed by atoms with E-state index in [4.69, 9.17) is 13.9 Å². The van der Waals surface area contributed by atoms with Crippen molar-refractivity contribution < 1.29 is 19.0 Å². The lowest BCUT2D eigenvalue weighted by molar-refractivity contribution is 0.0437. The molecule has 1 aromatic heterocycles. The van der Waals surface area contributed by atoms with E-state index in [1.807, 2.05) is 25.1 Å². The molecule has 0 aliphatic carbocycles. The molecule has 172 valence electrons. The summed E-state index contributed by atoms with van der Waals surface area (Å²) >= 11 is 0. The average Bonchev–Trinajstić information content (AvgIpc) is 3.44. The molecule has 8 nitrogen and oxygen atoms in total. The summed E-state index contributed by atoms with van der Waals surface area (Å²) in [5.41, 5.74) is -0.0942. The lowest BCUT2D eigenvalue weighted by atomic mass is 10.0. The molecule has 1 aromatic carbocycles. The monoisotopic (exact) mass is 544 g/mol. The number of guanidine groups is 1. The van der Waals surface area contributed by atoms with Crippen molar-refractivity contribution in [2.45, 2.75) is 31.9 Å². The van der Waals surface area contributed by atoms with Crippen molar-refractivity contribution >= 4 is 35.6 Å². The van der Waals surface area contributed by atoms with Gasteiger partial charge in [-0.2, -0.15) is 0 Å². The Labute approximate surface area is 201 Å². The molecule has 1 fully saturated rings. The Balaban J connectivity index is 0.00000341. The minimum Gasteiger partial charge on any atom is -0.497 e. The van der Waals surface area contributed by atoms with Gasteiger partial charge in [0.2, 0.25) is 0 Å². The molecule has 0 saturated carbocycles. The van der Waals surface area contributed by atoms with Crippen LogP contribution in [0.25, 0.3) is 0 Å². The summed E-state index contributed by atoms with van der Waals surface area (Å²) in [6, 6.07) is 9.66. The number of benzene rings is 1. The zero-order chi connectivity index (χ0) is 21.6. The second-order valence-electron chi connectivity index (χ2n) is 7.59. The Morgan fingerprint density at radius 1 is 1.29 bits per heavy atom. The largest absolute Gasteiger partial charge is 0.497 e. The summed E-state index contributed by atoms with van der Waals surface area (Å²) < 4.78 is 16.1. The van der Waals surface area contributed by atoms with Crippen LogP contribution in [0.3, 0.4) is 0 Å². The van der Waals surface area contributed by atoms with Crippen LogP contribution in [0.4, 0.5) is 5.69 Å². The van der Waals surface area contributed by atoms with Gasteiger partial charge in [-0.3, -0.25) is 0 Å². The highest BCUT2D eigenvalue weighted by molar-refractivity contribution is 14.0. The van der Waals surface area contributed by atoms with E-state index in [2.05, 4.69) is 20.5 Å². The molecule has 1 saturated heterocycles. The zero-order valence-electron chi connectivity index (χ0n) is 18.6. The summed E-state index contributed by atoms with van der Waals surface area (Å²) in [5, 5.41) is 17.4. The maximum atomic E-state index is 10.7. The number of nitrogens with zero attached hydrogens (tertiary/aromatic N) is 2. The predicted molar refractivity (Wildman–Crippen MR) is 133 cm³/mol. The van der Waals surface area contributed by atoms with Crippen LogP contribution >= 0.6 is 24.0 Å². The number of ether oxygens (including phenoxy) is 2. The molecule has 9 heteroatoms. The third-order valence-corrected chi connectivity index (χ3v) is 5.17. The first-order valence-corrected chi connectivity index (χ1v) is 10.2. The van der Waals surface area contributed by atoms with E-state index >= 15 is 0 Å². The van der Waals surface area contributed by atoms with E-state index in [0.29, 0.717) is 11.7 Å². The molecule has 2 atom stereocenters. The SMILES string of the molecule is CCNC(=NCC(C)(O)c1ccco1)NC1CCN(c2cc(OC)cc(OC)c2)C1.I. The van der Waals surface area contributed by atoms with Gasteiger partial charge in [0.25, 0.3) is 0 Å². The molecule has 1 aliphatic heterocycles. The van der Waals surface area contributed by atoms with Gasteiger partial charge in [0, 0.05) is 49.6 Å². The van der Waals surface area contributed by atoms with Gasteiger partial charge in [0.05, 0.1) is 27.0 Å². The fourth-order valence-corrected chi connectivity index (χ4v) is 3.50. The highest BCUT2D eigenvalue weighted by Crippen LogP contribution is 2.30. The van der Waals surface area contributed by atoms with Crippen molar-refractivity contribution in [3.63, 3.8) is 0 Å². The van der Waals surface area contributed by atoms with Gasteiger partial charge < -0.3 is 34.5 Å². The minimum absolute atomic E-state index is 0. The summed E-state index contributed by atoms with van der Waals surface area (Å²) in [5.74, 6) is 2.73. The average molecular weight is 544 g/mol. The van der Waals surface area contributed by atoms with Crippen LogP contribution in [-0.4, -0.2) is 57.5 Å². The summed E-state index contributed by atoms with van der Waals surface area (Å²) in [4.78, 5) is 6.88. The highest BCUT2D eigenvalue weighted by Gasteiger charge is 2.27. The van der Waals surface area contributed by atoms with Crippen molar-refractivity contribution in [2.75, 3.05) is 45.3 Å². The van der Waals surface area contributed by atoms with Crippen molar-refractivity contribution in [3.8, 4) is 11.5 Å². The van der Waals surface area contributed by atoms with Crippen molar-refractivity contribution in [2.24, 2.45) is 4.99 Å². The number of anilines is 1. The Morgan fingerprint density at radius 3 is 2.58 bits per heavy atom. The number of aliphatic hydroxyl groups is 1. The third-order valence-electron chi connectivity index (χ3n) is 5.17. The summed E-state index contributed by atoms with van der Waals surface area (Å²) in [6.45, 7) is 6.39. The van der Waals surface area contributed by atoms with Crippen LogP contribution in [0.5, 0.6) is 11.5 Å². The maximum absolute atomic E-state index is 10.7. The number of nitrogens with one attached hydrogen (secondary N) is 2. The smallest absolute Gasteiger partial charge is 0.191 e. The molecular weight excluding hydrogens is 511 g/mol. The third kappa shape index (κ3) is 6.67. The van der Waals surface area contributed by atoms with Crippen molar-refractivity contribution in [3.05, 3.63) is 42.4 Å². The highest BCUT2D eigenvalue weighted by atomic mass is 127. The van der Waals surface area contributed by atoms with Crippen LogP contribution in [-0.2, 0) is 5.60 Å². The second kappa shape index (κ2) is 11.5. The molecule has 0 bridgehead atoms. The van der Waals surface area contributed by atoms with Crippen molar-refractivity contribution in [1.29, 1.82) is 0 Å². The molecule has 2 unspecified atom stereocenters. The Morgan fingerprint density at radius 2 is 2.00 bits per heavy atom. The number of aliphatic imine (C=N–C) groups is 1. The first kappa shape index (κ1) is 25.1. The molecule has 2 heterocycles. The molecule has 0 radical (unpaired) electrons. The number of hydrogen-bond donors (Lipinski definition) is 3. The lowest BCUT2D eigenvalue weighted by Gasteiger charge is -2.22. The van der Waals surface area contributed by atoms with Gasteiger partial charge in [-0.25, -0.2) is 4.99 Å². The van der Waals surface area contributed by atoms with Crippen molar-refractivity contribution in [1.82, 2.24) is 10.6 Å². The first-order valence-electron chi connectivity index (χ1n) is 10.2. The molecule has 0 amide bonds. The molecule has 31 heavy (non-hydrogen) atoms. The molecule has 2 aromatic rings. The normalized spacial score (nSPS) is 18.2. The second-order valence-corrected chi connectivity index (χ2v) is 7.59. The van der Waals surface area contributed by atoms with E-state index in [1.54, 1.807) is 39.5 Å². The van der Waals surface area contributed by atoms with E-state index in [-0.39, 0.29) is 36.6 Å². The fraction of sp³-hybridized carbons (Fsp3) is 0.500. The van der Waals surface area contributed by atoms with Crippen LogP contribution in [0.2, 0.25) is 0 Å². The van der Waals surface area contributed by atoms with E-state index in [0.717, 1.165) is 43.2 Å². The van der Waals surface area contributed by atoms with E-state index in [1.165, 1.54) is 0 Å². The van der Waals surface area contributed by atoms with Gasteiger partial charge in [0.1, 0.15) is 22.9 Å². The van der Waals surface area contributed by atoms with Gasteiger partial charge in [-0.1, -0.05) is 0 Å². The van der Waals surface area contributed by atoms with Gasteiger partial charge in [-0.05, 0) is 32.4 Å². The van der Waals surface area contributed by atoms with Crippen LogP contribution in [0.15, 0.2) is 46.0 Å². The number of methoxy groups -OCH3 is 2. The van der Waals surface area contributed by atoms with E-state index in [9.17, 15) is 5.11 Å². The number of rotatable bonds is 8. The Hall–Kier alpha value is -2.14.